The number of nitrogens with one attached hydrogen (secondary N) is 1. The molecule has 112 valence electrons. The van der Waals surface area contributed by atoms with Crippen molar-refractivity contribution >= 4 is 29.1 Å². The van der Waals surface area contributed by atoms with Gasteiger partial charge < -0.3 is 9.73 Å². The lowest BCUT2D eigenvalue weighted by molar-refractivity contribution is -0.126. The van der Waals surface area contributed by atoms with E-state index >= 15 is 0 Å². The molecule has 0 radical (unpaired) electrons. The fraction of sp³-hybridized carbons (Fsp3) is 0.312. The third-order valence-electron chi connectivity index (χ3n) is 3.53. The van der Waals surface area contributed by atoms with Crippen molar-refractivity contribution in [1.82, 2.24) is 5.32 Å². The van der Waals surface area contributed by atoms with Gasteiger partial charge in [0.2, 0.25) is 5.91 Å². The van der Waals surface area contributed by atoms with E-state index in [0.29, 0.717) is 15.8 Å². The van der Waals surface area contributed by atoms with Crippen molar-refractivity contribution in [3.05, 3.63) is 58.0 Å². The van der Waals surface area contributed by atoms with E-state index < -0.39 is 5.41 Å². The van der Waals surface area contributed by atoms with Crippen LogP contribution in [0, 0.1) is 0 Å². The Morgan fingerprint density at radius 1 is 1.24 bits per heavy atom. The fourth-order valence-electron chi connectivity index (χ4n) is 2.00. The van der Waals surface area contributed by atoms with Crippen molar-refractivity contribution in [3.63, 3.8) is 0 Å². The van der Waals surface area contributed by atoms with Crippen molar-refractivity contribution in [2.75, 3.05) is 0 Å². The van der Waals surface area contributed by atoms with Crippen LogP contribution in [0.15, 0.2) is 41.0 Å². The minimum Gasteiger partial charge on any atom is -0.467 e. The number of halogens is 2. The lowest BCUT2D eigenvalue weighted by atomic mass is 9.83. The maximum Gasteiger partial charge on any atom is 0.230 e. The quantitative estimate of drug-likeness (QED) is 0.882. The van der Waals surface area contributed by atoms with Crippen LogP contribution in [0.1, 0.15) is 38.1 Å². The molecule has 2 rings (SSSR count). The second kappa shape index (κ2) is 6.12. The van der Waals surface area contributed by atoms with E-state index in [-0.39, 0.29) is 11.9 Å². The number of hydrogen-bond acceptors (Lipinski definition) is 2. The Hall–Kier alpha value is -1.45. The van der Waals surface area contributed by atoms with Gasteiger partial charge in [-0.05, 0) is 50.6 Å². The number of rotatable bonds is 4. The van der Waals surface area contributed by atoms with E-state index in [1.165, 1.54) is 0 Å². The molecule has 0 aliphatic rings. The first kappa shape index (κ1) is 15.9. The lowest BCUT2D eigenvalue weighted by Crippen LogP contribution is -2.41. The third-order valence-corrected chi connectivity index (χ3v) is 4.27. The smallest absolute Gasteiger partial charge is 0.230 e. The normalized spacial score (nSPS) is 13.0. The number of carbonyl (C=O) groups excluding carboxylic acids is 1. The van der Waals surface area contributed by atoms with Crippen LogP contribution in [0.25, 0.3) is 0 Å². The molecule has 2 aromatic rings. The first-order chi connectivity index (χ1) is 9.82. The molecule has 0 saturated carbocycles. The van der Waals surface area contributed by atoms with Gasteiger partial charge in [0.15, 0.2) is 0 Å². The highest BCUT2D eigenvalue weighted by atomic mass is 35.5. The summed E-state index contributed by atoms with van der Waals surface area (Å²) in [5, 5.41) is 3.86. The molecule has 3 nitrogen and oxygen atoms in total. The fourth-order valence-corrected chi connectivity index (χ4v) is 2.30. The van der Waals surface area contributed by atoms with Crippen molar-refractivity contribution in [2.45, 2.75) is 32.2 Å². The first-order valence-electron chi connectivity index (χ1n) is 6.62. The van der Waals surface area contributed by atoms with Crippen LogP contribution in [0.5, 0.6) is 0 Å². The zero-order valence-corrected chi connectivity index (χ0v) is 13.6. The van der Waals surface area contributed by atoms with Gasteiger partial charge in [-0.25, -0.2) is 0 Å². The maximum absolute atomic E-state index is 12.5. The minimum absolute atomic E-state index is 0.107. The van der Waals surface area contributed by atoms with E-state index in [9.17, 15) is 4.79 Å². The van der Waals surface area contributed by atoms with Gasteiger partial charge in [-0.15, -0.1) is 0 Å². The van der Waals surface area contributed by atoms with E-state index in [0.717, 1.165) is 5.56 Å². The Balaban J connectivity index is 2.18. The standard InChI is InChI=1S/C16H17Cl2NO2/c1-10(14-5-4-8-21-14)19-15(20)16(2,3)11-6-7-12(17)13(18)9-11/h4-10H,1-3H3,(H,19,20). The summed E-state index contributed by atoms with van der Waals surface area (Å²) in [4.78, 5) is 12.5. The molecule has 1 unspecified atom stereocenters. The van der Waals surface area contributed by atoms with Crippen LogP contribution in [-0.4, -0.2) is 5.91 Å². The van der Waals surface area contributed by atoms with Crippen molar-refractivity contribution < 1.29 is 9.21 Å². The van der Waals surface area contributed by atoms with E-state index in [2.05, 4.69) is 5.32 Å². The molecule has 0 bridgehead atoms. The number of furan rings is 1. The molecule has 21 heavy (non-hydrogen) atoms. The summed E-state index contributed by atoms with van der Waals surface area (Å²) in [6, 6.07) is 8.66. The Labute approximate surface area is 134 Å². The molecule has 1 N–H and O–H groups in total. The molecule has 0 spiro atoms. The predicted octanol–water partition coefficient (Wildman–Crippen LogP) is 4.74. The highest BCUT2D eigenvalue weighted by Crippen LogP contribution is 2.30. The lowest BCUT2D eigenvalue weighted by Gasteiger charge is -2.26. The maximum atomic E-state index is 12.5. The summed E-state index contributed by atoms with van der Waals surface area (Å²) in [6.07, 6.45) is 1.59. The van der Waals surface area contributed by atoms with Crippen LogP contribution < -0.4 is 5.32 Å². The van der Waals surface area contributed by atoms with Crippen LogP contribution in [0.2, 0.25) is 10.0 Å². The SMILES string of the molecule is CC(NC(=O)C(C)(C)c1ccc(Cl)c(Cl)c1)c1ccco1. The summed E-state index contributed by atoms with van der Waals surface area (Å²) >= 11 is 12.0. The van der Waals surface area contributed by atoms with Crippen LogP contribution in [0.4, 0.5) is 0 Å². The summed E-state index contributed by atoms with van der Waals surface area (Å²) in [7, 11) is 0. The number of benzene rings is 1. The van der Waals surface area contributed by atoms with Crippen LogP contribution in [0.3, 0.4) is 0 Å². The van der Waals surface area contributed by atoms with Crippen molar-refractivity contribution in [1.29, 1.82) is 0 Å². The topological polar surface area (TPSA) is 42.2 Å². The largest absolute Gasteiger partial charge is 0.467 e. The van der Waals surface area contributed by atoms with E-state index in [1.54, 1.807) is 24.5 Å². The number of amides is 1. The van der Waals surface area contributed by atoms with Gasteiger partial charge >= 0.3 is 0 Å². The summed E-state index contributed by atoms with van der Waals surface area (Å²) in [6.45, 7) is 5.56. The highest BCUT2D eigenvalue weighted by Gasteiger charge is 2.31. The first-order valence-corrected chi connectivity index (χ1v) is 7.38. The Kier molecular flexibility index (Phi) is 4.64. The molecule has 0 saturated heterocycles. The number of hydrogen-bond donors (Lipinski definition) is 1. The highest BCUT2D eigenvalue weighted by molar-refractivity contribution is 6.42. The van der Waals surface area contributed by atoms with Gasteiger partial charge in [0, 0.05) is 0 Å². The zero-order chi connectivity index (χ0) is 15.6. The van der Waals surface area contributed by atoms with E-state index in [4.69, 9.17) is 27.6 Å². The average molecular weight is 326 g/mol. The molecular formula is C16H17Cl2NO2. The van der Waals surface area contributed by atoms with Gasteiger partial charge in [0.25, 0.3) is 0 Å². The molecule has 1 aromatic heterocycles. The minimum atomic E-state index is -0.727. The molecular weight excluding hydrogens is 309 g/mol. The third kappa shape index (κ3) is 3.42. The monoisotopic (exact) mass is 325 g/mol. The molecule has 0 aliphatic carbocycles. The average Bonchev–Trinajstić information content (AvgIpc) is 2.95. The van der Waals surface area contributed by atoms with Gasteiger partial charge in [-0.1, -0.05) is 29.3 Å². The molecule has 0 aliphatic heterocycles. The summed E-state index contributed by atoms with van der Waals surface area (Å²) in [5.41, 5.74) is 0.0794. The summed E-state index contributed by atoms with van der Waals surface area (Å²) < 4.78 is 5.30. The van der Waals surface area contributed by atoms with Gasteiger partial charge in [-0.3, -0.25) is 4.79 Å². The molecule has 1 amide bonds. The molecule has 1 heterocycles. The van der Waals surface area contributed by atoms with Crippen LogP contribution in [-0.2, 0) is 10.2 Å². The van der Waals surface area contributed by atoms with Crippen LogP contribution >= 0.6 is 23.2 Å². The molecule has 0 fully saturated rings. The van der Waals surface area contributed by atoms with Gasteiger partial charge in [-0.2, -0.15) is 0 Å². The Morgan fingerprint density at radius 3 is 2.52 bits per heavy atom. The molecule has 1 aromatic carbocycles. The van der Waals surface area contributed by atoms with E-state index in [1.807, 2.05) is 32.9 Å². The van der Waals surface area contributed by atoms with Gasteiger partial charge in [0.05, 0.1) is 27.8 Å². The second-order valence-corrected chi connectivity index (χ2v) is 6.28. The predicted molar refractivity (Wildman–Crippen MR) is 84.8 cm³/mol. The van der Waals surface area contributed by atoms with Crippen molar-refractivity contribution in [2.24, 2.45) is 0 Å². The number of carbonyl (C=O) groups is 1. The Morgan fingerprint density at radius 2 is 1.95 bits per heavy atom. The molecule has 1 atom stereocenters. The summed E-state index contributed by atoms with van der Waals surface area (Å²) in [5.74, 6) is 0.609. The second-order valence-electron chi connectivity index (χ2n) is 5.46. The van der Waals surface area contributed by atoms with Crippen molar-refractivity contribution in [3.8, 4) is 0 Å². The van der Waals surface area contributed by atoms with Gasteiger partial charge in [0.1, 0.15) is 5.76 Å². The Bertz CT molecular complexity index is 636. The zero-order valence-electron chi connectivity index (χ0n) is 12.1. The molecule has 5 heteroatoms.